The van der Waals surface area contributed by atoms with Gasteiger partial charge in [-0.15, -0.1) is 0 Å². The Hall–Kier alpha value is -1.79. The van der Waals surface area contributed by atoms with Crippen molar-refractivity contribution in [2.45, 2.75) is 39.5 Å². The summed E-state index contributed by atoms with van der Waals surface area (Å²) in [5.74, 6) is -0.0644. The molecule has 2 amide bonds. The number of quaternary nitrogens is 2. The van der Waals surface area contributed by atoms with Crippen molar-refractivity contribution in [3.8, 4) is 0 Å². The van der Waals surface area contributed by atoms with Crippen LogP contribution in [0.15, 0.2) is 24.3 Å². The largest absolute Gasteiger partial charge is 0.759 e. The third kappa shape index (κ3) is 41.0. The SMILES string of the molecule is C=C(C)C(=O)NCCCC[N+](C)(C)C.C=C(C)C(=O)NCCCC[N+](C)(C)C.O=S(=O)([O-])[O-]. The van der Waals surface area contributed by atoms with E-state index in [4.69, 9.17) is 17.5 Å². The first-order valence-corrected chi connectivity index (χ1v) is 12.1. The normalized spacial score (nSPS) is 11.2. The average molecular weight is 495 g/mol. The lowest BCUT2D eigenvalue weighted by molar-refractivity contribution is -0.870. The van der Waals surface area contributed by atoms with E-state index in [2.05, 4.69) is 66.1 Å². The molecule has 0 saturated heterocycles. The molecule has 0 aromatic heterocycles. The molecule has 196 valence electrons. The van der Waals surface area contributed by atoms with Crippen LogP contribution in [0, 0.1) is 0 Å². The quantitative estimate of drug-likeness (QED) is 0.136. The van der Waals surface area contributed by atoms with Crippen molar-refractivity contribution in [3.05, 3.63) is 24.3 Å². The first-order chi connectivity index (χ1) is 14.7. The number of nitrogens with one attached hydrogen (secondary N) is 2. The van der Waals surface area contributed by atoms with Crippen molar-refractivity contribution in [3.63, 3.8) is 0 Å². The summed E-state index contributed by atoms with van der Waals surface area (Å²) >= 11 is 0. The van der Waals surface area contributed by atoms with Gasteiger partial charge in [-0.25, -0.2) is 0 Å². The second-order valence-corrected chi connectivity index (χ2v) is 10.7. The maximum Gasteiger partial charge on any atom is 0.246 e. The van der Waals surface area contributed by atoms with E-state index in [1.807, 2.05) is 0 Å². The summed E-state index contributed by atoms with van der Waals surface area (Å²) in [6.07, 6.45) is 4.35. The number of unbranched alkanes of at least 4 members (excludes halogenated alkanes) is 2. The van der Waals surface area contributed by atoms with Gasteiger partial charge >= 0.3 is 0 Å². The molecule has 0 atom stereocenters. The molecule has 33 heavy (non-hydrogen) atoms. The molecule has 0 rings (SSSR count). The zero-order valence-corrected chi connectivity index (χ0v) is 22.6. The van der Waals surface area contributed by atoms with Crippen molar-refractivity contribution in [1.29, 1.82) is 0 Å². The summed E-state index contributed by atoms with van der Waals surface area (Å²) in [6.45, 7) is 14.4. The number of amides is 2. The van der Waals surface area contributed by atoms with Gasteiger partial charge in [0.15, 0.2) is 0 Å². The summed E-state index contributed by atoms with van der Waals surface area (Å²) < 4.78 is 36.0. The number of carbonyl (C=O) groups excluding carboxylic acids is 2. The Morgan fingerprint density at radius 1 is 0.697 bits per heavy atom. The van der Waals surface area contributed by atoms with E-state index in [-0.39, 0.29) is 11.8 Å². The monoisotopic (exact) mass is 494 g/mol. The molecule has 2 N–H and O–H groups in total. The number of rotatable bonds is 12. The van der Waals surface area contributed by atoms with Gasteiger partial charge in [-0.3, -0.25) is 18.0 Å². The van der Waals surface area contributed by atoms with E-state index >= 15 is 0 Å². The highest BCUT2D eigenvalue weighted by Gasteiger charge is 2.07. The Labute approximate surface area is 201 Å². The fourth-order valence-corrected chi connectivity index (χ4v) is 2.13. The number of carbonyl (C=O) groups is 2. The van der Waals surface area contributed by atoms with Crippen molar-refractivity contribution < 1.29 is 36.1 Å². The van der Waals surface area contributed by atoms with Gasteiger partial charge in [0, 0.05) is 34.6 Å². The summed E-state index contributed by atoms with van der Waals surface area (Å²) in [6, 6.07) is 0. The zero-order valence-electron chi connectivity index (χ0n) is 21.8. The van der Waals surface area contributed by atoms with Crippen LogP contribution in [0.2, 0.25) is 0 Å². The van der Waals surface area contributed by atoms with Gasteiger partial charge in [0.05, 0.1) is 55.4 Å². The van der Waals surface area contributed by atoms with E-state index in [1.165, 1.54) is 0 Å². The summed E-state index contributed by atoms with van der Waals surface area (Å²) in [5.41, 5.74) is 1.16. The third-order valence-electron chi connectivity index (χ3n) is 3.86. The van der Waals surface area contributed by atoms with Gasteiger partial charge in [0.1, 0.15) is 0 Å². The van der Waals surface area contributed by atoms with Gasteiger partial charge < -0.3 is 28.7 Å². The lowest BCUT2D eigenvalue weighted by Gasteiger charge is -2.23. The minimum absolute atomic E-state index is 0.0322. The highest BCUT2D eigenvalue weighted by atomic mass is 32.3. The van der Waals surface area contributed by atoms with E-state index in [1.54, 1.807) is 13.8 Å². The average Bonchev–Trinajstić information content (AvgIpc) is 2.57. The maximum atomic E-state index is 11.1. The zero-order chi connectivity index (χ0) is 26.9. The van der Waals surface area contributed by atoms with Crippen LogP contribution in [0.1, 0.15) is 39.5 Å². The van der Waals surface area contributed by atoms with Crippen LogP contribution in [-0.2, 0) is 20.0 Å². The first kappa shape index (κ1) is 35.8. The Balaban J connectivity index is -0.000000453. The van der Waals surface area contributed by atoms with Crippen molar-refractivity contribution >= 4 is 22.2 Å². The predicted molar refractivity (Wildman–Crippen MR) is 130 cm³/mol. The molecule has 0 spiro atoms. The Bertz CT molecular complexity index is 653. The highest BCUT2D eigenvalue weighted by Crippen LogP contribution is 1.97. The summed E-state index contributed by atoms with van der Waals surface area (Å²) in [5, 5.41) is 5.65. The van der Waals surface area contributed by atoms with Crippen molar-refractivity contribution in [2.24, 2.45) is 0 Å². The molecule has 0 aromatic carbocycles. The lowest BCUT2D eigenvalue weighted by Crippen LogP contribution is -2.35. The van der Waals surface area contributed by atoms with Gasteiger partial charge in [0.2, 0.25) is 11.8 Å². The molecule has 0 fully saturated rings. The number of nitrogens with zero attached hydrogens (tertiary/aromatic N) is 2. The smallest absolute Gasteiger partial charge is 0.246 e. The molecule has 0 aromatic rings. The topological polar surface area (TPSA) is 138 Å². The highest BCUT2D eigenvalue weighted by molar-refractivity contribution is 7.79. The van der Waals surface area contributed by atoms with E-state index in [0.29, 0.717) is 11.1 Å². The molecule has 10 nitrogen and oxygen atoms in total. The van der Waals surface area contributed by atoms with Gasteiger partial charge in [0.25, 0.3) is 0 Å². The summed E-state index contributed by atoms with van der Waals surface area (Å²) in [7, 11) is 7.87. The fraction of sp³-hybridized carbons (Fsp3) is 0.727. The van der Waals surface area contributed by atoms with E-state index in [9.17, 15) is 9.59 Å². The first-order valence-electron chi connectivity index (χ1n) is 10.8. The molecule has 0 aliphatic heterocycles. The van der Waals surface area contributed by atoms with Crippen LogP contribution >= 0.6 is 0 Å². The van der Waals surface area contributed by atoms with Crippen LogP contribution in [0.5, 0.6) is 0 Å². The Morgan fingerprint density at radius 2 is 0.939 bits per heavy atom. The van der Waals surface area contributed by atoms with Crippen LogP contribution in [0.4, 0.5) is 0 Å². The van der Waals surface area contributed by atoms with Gasteiger partial charge in [-0.1, -0.05) is 13.2 Å². The lowest BCUT2D eigenvalue weighted by atomic mass is 10.2. The second kappa shape index (κ2) is 17.7. The molecule has 0 aliphatic rings. The van der Waals surface area contributed by atoms with Crippen LogP contribution in [-0.4, -0.2) is 107 Å². The fourth-order valence-electron chi connectivity index (χ4n) is 2.13. The number of hydrogen-bond acceptors (Lipinski definition) is 6. The molecule has 0 unspecified atom stereocenters. The van der Waals surface area contributed by atoms with E-state index in [0.717, 1.165) is 60.8 Å². The van der Waals surface area contributed by atoms with Crippen molar-refractivity contribution in [2.75, 3.05) is 68.5 Å². The molecule has 0 bridgehead atoms. The van der Waals surface area contributed by atoms with Crippen molar-refractivity contribution in [1.82, 2.24) is 10.6 Å². The van der Waals surface area contributed by atoms with E-state index < -0.39 is 10.4 Å². The molecular weight excluding hydrogens is 448 g/mol. The molecule has 0 saturated carbocycles. The molecule has 0 radical (unpaired) electrons. The minimum atomic E-state index is -5.17. The second-order valence-electron chi connectivity index (χ2n) is 9.92. The Kier molecular flexibility index (Phi) is 19.1. The van der Waals surface area contributed by atoms with Crippen LogP contribution in [0.25, 0.3) is 0 Å². The maximum absolute atomic E-state index is 11.1. The molecule has 11 heteroatoms. The van der Waals surface area contributed by atoms with Crippen LogP contribution in [0.3, 0.4) is 0 Å². The minimum Gasteiger partial charge on any atom is -0.759 e. The van der Waals surface area contributed by atoms with Gasteiger partial charge in [-0.2, -0.15) is 0 Å². The van der Waals surface area contributed by atoms with Crippen LogP contribution < -0.4 is 10.6 Å². The summed E-state index contributed by atoms with van der Waals surface area (Å²) in [4.78, 5) is 22.2. The Morgan fingerprint density at radius 3 is 1.12 bits per heavy atom. The molecular formula is C22H46N4O6S. The molecule has 0 heterocycles. The van der Waals surface area contributed by atoms with Gasteiger partial charge in [-0.05, 0) is 39.5 Å². The molecule has 0 aliphatic carbocycles. The third-order valence-corrected chi connectivity index (χ3v) is 3.86. The predicted octanol–water partition coefficient (Wildman–Crippen LogP) is 0.992. The standard InChI is InChI=1S/2C11H22N2O.H2O4S/c2*1-10(2)11(14)12-8-6-7-9-13(3,4)5;1-5(2,3)4/h2*1,6-9H2,2-5H3;(H2,1,2,3,4). The number of hydrogen-bond donors (Lipinski definition) is 2.